The van der Waals surface area contributed by atoms with Crippen LogP contribution in [0.2, 0.25) is 0 Å². The Balaban J connectivity index is 1.93. The quantitative estimate of drug-likeness (QED) is 0.624. The van der Waals surface area contributed by atoms with E-state index in [0.29, 0.717) is 36.6 Å². The van der Waals surface area contributed by atoms with Crippen LogP contribution in [-0.2, 0) is 15.5 Å². The Morgan fingerprint density at radius 1 is 1.28 bits per heavy atom. The molecule has 1 saturated heterocycles. The van der Waals surface area contributed by atoms with E-state index in [1.165, 1.54) is 10.8 Å². The van der Waals surface area contributed by atoms with E-state index in [1.807, 2.05) is 4.90 Å². The lowest BCUT2D eigenvalue weighted by molar-refractivity contribution is 0.0722. The van der Waals surface area contributed by atoms with Gasteiger partial charge in [0.25, 0.3) is 6.43 Å². The molecule has 3 heterocycles. The van der Waals surface area contributed by atoms with Crippen LogP contribution in [0.15, 0.2) is 35.5 Å². The Kier molecular flexibility index (Phi) is 5.52. The fourth-order valence-corrected chi connectivity index (χ4v) is 3.77. The van der Waals surface area contributed by atoms with E-state index in [0.717, 1.165) is 0 Å². The van der Waals surface area contributed by atoms with Crippen LogP contribution < -0.4 is 4.90 Å². The Morgan fingerprint density at radius 2 is 2.03 bits per heavy atom. The summed E-state index contributed by atoms with van der Waals surface area (Å²) in [5.41, 5.74) is 0.864. The number of alkyl halides is 2. The molecular weight excluding hydrogens is 404 g/mol. The molecule has 29 heavy (non-hydrogen) atoms. The number of rotatable bonds is 5. The molecule has 0 spiro atoms. The van der Waals surface area contributed by atoms with Crippen molar-refractivity contribution in [3.8, 4) is 5.82 Å². The van der Waals surface area contributed by atoms with Crippen molar-refractivity contribution in [3.05, 3.63) is 36.2 Å². The van der Waals surface area contributed by atoms with Gasteiger partial charge in [-0.05, 0) is 12.1 Å². The topological polar surface area (TPSA) is 93.4 Å². The van der Waals surface area contributed by atoms with Gasteiger partial charge in [-0.25, -0.2) is 23.7 Å². The SMILES string of the molecule is CS(=O)c1nc(N2CCOCC2CO)cc(-n2c(C(F)F)nc3ccccc32)n1. The number of nitrogens with zero attached hydrogens (tertiary/aromatic N) is 5. The summed E-state index contributed by atoms with van der Waals surface area (Å²) in [5, 5.41) is 9.69. The molecule has 8 nitrogen and oxygen atoms in total. The molecule has 3 aromatic rings. The summed E-state index contributed by atoms with van der Waals surface area (Å²) in [6, 6.07) is 7.95. The third kappa shape index (κ3) is 3.72. The van der Waals surface area contributed by atoms with E-state index in [2.05, 4.69) is 15.0 Å². The van der Waals surface area contributed by atoms with Crippen molar-refractivity contribution in [1.29, 1.82) is 0 Å². The molecule has 1 aliphatic rings. The zero-order valence-electron chi connectivity index (χ0n) is 15.5. The minimum atomic E-state index is -2.83. The third-order valence-corrected chi connectivity index (χ3v) is 5.38. The summed E-state index contributed by atoms with van der Waals surface area (Å²) < 4.78 is 46.3. The zero-order valence-corrected chi connectivity index (χ0v) is 16.4. The average molecular weight is 423 g/mol. The first-order valence-electron chi connectivity index (χ1n) is 8.93. The third-order valence-electron chi connectivity index (χ3n) is 4.68. The molecule has 1 aromatic carbocycles. The monoisotopic (exact) mass is 423 g/mol. The lowest BCUT2D eigenvalue weighted by Crippen LogP contribution is -2.48. The van der Waals surface area contributed by atoms with Crippen molar-refractivity contribution in [2.75, 3.05) is 37.5 Å². The van der Waals surface area contributed by atoms with E-state index < -0.39 is 23.0 Å². The molecular formula is C18H19F2N5O3S. The molecule has 0 bridgehead atoms. The molecule has 1 aliphatic heterocycles. The highest BCUT2D eigenvalue weighted by atomic mass is 32.2. The average Bonchev–Trinajstić information content (AvgIpc) is 3.13. The lowest BCUT2D eigenvalue weighted by atomic mass is 10.2. The summed E-state index contributed by atoms with van der Waals surface area (Å²) in [4.78, 5) is 14.5. The van der Waals surface area contributed by atoms with E-state index in [1.54, 1.807) is 30.3 Å². The summed E-state index contributed by atoms with van der Waals surface area (Å²) in [7, 11) is -1.54. The number of para-hydroxylation sites is 2. The number of fused-ring (bicyclic) bond motifs is 1. The fourth-order valence-electron chi connectivity index (χ4n) is 3.33. The van der Waals surface area contributed by atoms with Gasteiger partial charge in [0.1, 0.15) is 11.6 Å². The van der Waals surface area contributed by atoms with Crippen LogP contribution in [0.1, 0.15) is 12.2 Å². The van der Waals surface area contributed by atoms with Gasteiger partial charge < -0.3 is 14.7 Å². The van der Waals surface area contributed by atoms with Crippen LogP contribution in [0.5, 0.6) is 0 Å². The number of benzene rings is 1. The van der Waals surface area contributed by atoms with Gasteiger partial charge in [-0.15, -0.1) is 0 Å². The molecule has 154 valence electrons. The first-order chi connectivity index (χ1) is 14.0. The summed E-state index contributed by atoms with van der Waals surface area (Å²) in [6.45, 7) is 1.01. The number of morpholine rings is 1. The van der Waals surface area contributed by atoms with Crippen LogP contribution in [0.4, 0.5) is 14.6 Å². The highest BCUT2D eigenvalue weighted by Crippen LogP contribution is 2.29. The van der Waals surface area contributed by atoms with Crippen LogP contribution in [0.3, 0.4) is 0 Å². The van der Waals surface area contributed by atoms with Gasteiger partial charge in [-0.1, -0.05) is 12.1 Å². The number of aliphatic hydroxyl groups is 1. The van der Waals surface area contributed by atoms with E-state index in [4.69, 9.17) is 4.74 Å². The molecule has 0 radical (unpaired) electrons. The molecule has 4 rings (SSSR count). The molecule has 2 aromatic heterocycles. The van der Waals surface area contributed by atoms with Gasteiger partial charge in [0.2, 0.25) is 5.16 Å². The van der Waals surface area contributed by atoms with Crippen molar-refractivity contribution in [1.82, 2.24) is 19.5 Å². The maximum absolute atomic E-state index is 13.7. The van der Waals surface area contributed by atoms with Crippen molar-refractivity contribution in [3.63, 3.8) is 0 Å². The van der Waals surface area contributed by atoms with Gasteiger partial charge in [0.15, 0.2) is 5.82 Å². The Morgan fingerprint density at radius 3 is 2.76 bits per heavy atom. The number of ether oxygens (including phenoxy) is 1. The lowest BCUT2D eigenvalue weighted by Gasteiger charge is -2.35. The number of imidazole rings is 1. The highest BCUT2D eigenvalue weighted by molar-refractivity contribution is 7.84. The normalized spacial score (nSPS) is 18.5. The van der Waals surface area contributed by atoms with E-state index in [9.17, 15) is 18.1 Å². The maximum atomic E-state index is 13.7. The first kappa shape index (κ1) is 19.8. The molecule has 1 N–H and O–H groups in total. The summed E-state index contributed by atoms with van der Waals surface area (Å²) in [6.07, 6.45) is -1.41. The Labute approximate surface area is 167 Å². The van der Waals surface area contributed by atoms with Crippen molar-refractivity contribution in [2.24, 2.45) is 0 Å². The van der Waals surface area contributed by atoms with Gasteiger partial charge in [-0.3, -0.25) is 8.78 Å². The van der Waals surface area contributed by atoms with Crippen molar-refractivity contribution in [2.45, 2.75) is 17.6 Å². The number of hydrogen-bond acceptors (Lipinski definition) is 7. The second kappa shape index (κ2) is 8.09. The molecule has 0 amide bonds. The van der Waals surface area contributed by atoms with E-state index >= 15 is 0 Å². The van der Waals surface area contributed by atoms with E-state index in [-0.39, 0.29) is 23.6 Å². The molecule has 2 unspecified atom stereocenters. The van der Waals surface area contributed by atoms with Crippen LogP contribution in [-0.4, -0.2) is 67.5 Å². The Hall–Kier alpha value is -2.50. The van der Waals surface area contributed by atoms with Crippen molar-refractivity contribution < 1.29 is 22.8 Å². The fraction of sp³-hybridized carbons (Fsp3) is 0.389. The number of aromatic nitrogens is 4. The van der Waals surface area contributed by atoms with Crippen LogP contribution in [0.25, 0.3) is 16.9 Å². The molecule has 0 aliphatic carbocycles. The second-order valence-electron chi connectivity index (χ2n) is 6.52. The molecule has 1 fully saturated rings. The predicted octanol–water partition coefficient (Wildman–Crippen LogP) is 1.69. The molecule has 11 heteroatoms. The highest BCUT2D eigenvalue weighted by Gasteiger charge is 2.27. The first-order valence-corrected chi connectivity index (χ1v) is 10.5. The van der Waals surface area contributed by atoms with Crippen LogP contribution >= 0.6 is 0 Å². The maximum Gasteiger partial charge on any atom is 0.296 e. The van der Waals surface area contributed by atoms with Crippen molar-refractivity contribution >= 4 is 27.7 Å². The Bertz CT molecular complexity index is 1060. The minimum Gasteiger partial charge on any atom is -0.394 e. The van der Waals surface area contributed by atoms with Gasteiger partial charge in [-0.2, -0.15) is 0 Å². The summed E-state index contributed by atoms with van der Waals surface area (Å²) in [5.74, 6) is 0.0808. The largest absolute Gasteiger partial charge is 0.394 e. The van der Waals surface area contributed by atoms with Gasteiger partial charge in [0, 0.05) is 18.9 Å². The smallest absolute Gasteiger partial charge is 0.296 e. The molecule has 0 saturated carbocycles. The standard InChI is InChI=1S/C18H19F2N5O3S/c1-29(27)18-22-14(24-6-7-28-10-11(24)9-26)8-15(23-18)25-13-5-3-2-4-12(13)21-17(25)16(19)20/h2-5,8,11,16,26H,6-7,9-10H2,1H3. The number of halogens is 2. The number of anilines is 1. The van der Waals surface area contributed by atoms with Gasteiger partial charge >= 0.3 is 0 Å². The zero-order chi connectivity index (χ0) is 20.5. The molecule has 2 atom stereocenters. The number of hydrogen-bond donors (Lipinski definition) is 1. The van der Waals surface area contributed by atoms with Gasteiger partial charge in [0.05, 0.1) is 47.7 Å². The second-order valence-corrected chi connectivity index (χ2v) is 7.79. The number of aliphatic hydroxyl groups excluding tert-OH is 1. The minimum absolute atomic E-state index is 0.0127. The predicted molar refractivity (Wildman–Crippen MR) is 103 cm³/mol. The van der Waals surface area contributed by atoms with Crippen LogP contribution in [0, 0.1) is 0 Å². The summed E-state index contributed by atoms with van der Waals surface area (Å²) >= 11 is 0.